The summed E-state index contributed by atoms with van der Waals surface area (Å²) in [6.45, 7) is 4.60. The second-order valence-electron chi connectivity index (χ2n) is 6.03. The third-order valence-corrected chi connectivity index (χ3v) is 4.27. The molecule has 0 aliphatic carbocycles. The van der Waals surface area contributed by atoms with Crippen LogP contribution >= 0.6 is 12.4 Å². The van der Waals surface area contributed by atoms with E-state index in [0.717, 1.165) is 23.5 Å². The Labute approximate surface area is 148 Å². The maximum absolute atomic E-state index is 13.8. The average Bonchev–Trinajstić information content (AvgIpc) is 2.90. The van der Waals surface area contributed by atoms with E-state index in [-0.39, 0.29) is 30.4 Å². The van der Waals surface area contributed by atoms with Gasteiger partial charge in [0.15, 0.2) is 0 Å². The molecule has 0 bridgehead atoms. The molecular weight excluding hydrogens is 329 g/mol. The monoisotopic (exact) mass is 351 g/mol. The molecule has 3 nitrogen and oxygen atoms in total. The van der Waals surface area contributed by atoms with E-state index in [1.165, 1.54) is 11.6 Å². The Kier molecular flexibility index (Phi) is 6.08. The number of methoxy groups -OCH3 is 1. The lowest BCUT2D eigenvalue weighted by molar-refractivity contribution is 0.254. The largest absolute Gasteiger partial charge is 0.496 e. The van der Waals surface area contributed by atoms with Crippen molar-refractivity contribution in [2.75, 3.05) is 7.11 Å². The summed E-state index contributed by atoms with van der Waals surface area (Å²) in [4.78, 5) is 0. The van der Waals surface area contributed by atoms with E-state index in [1.807, 2.05) is 25.1 Å². The molecule has 0 fully saturated rings. The highest BCUT2D eigenvalue weighted by atomic mass is 35.5. The van der Waals surface area contributed by atoms with Crippen molar-refractivity contribution in [2.45, 2.75) is 39.0 Å². The van der Waals surface area contributed by atoms with Gasteiger partial charge in [0.25, 0.3) is 0 Å². The number of rotatable bonds is 5. The number of benzene rings is 2. The Morgan fingerprint density at radius 1 is 1.33 bits per heavy atom. The van der Waals surface area contributed by atoms with Gasteiger partial charge >= 0.3 is 0 Å². The van der Waals surface area contributed by atoms with Gasteiger partial charge in [0, 0.05) is 35.7 Å². The van der Waals surface area contributed by atoms with Crippen molar-refractivity contribution < 1.29 is 13.9 Å². The molecule has 0 aromatic heterocycles. The zero-order chi connectivity index (χ0) is 16.4. The maximum Gasteiger partial charge on any atom is 0.127 e. The molecule has 2 aromatic rings. The van der Waals surface area contributed by atoms with Crippen LogP contribution in [0.5, 0.6) is 11.5 Å². The summed E-state index contributed by atoms with van der Waals surface area (Å²) in [5.41, 5.74) is 2.86. The predicted octanol–water partition coefficient (Wildman–Crippen LogP) is 4.43. The number of nitrogens with one attached hydrogen (secondary N) is 1. The Balaban J connectivity index is 0.00000208. The molecule has 0 amide bonds. The quantitative estimate of drug-likeness (QED) is 0.864. The van der Waals surface area contributed by atoms with Gasteiger partial charge in [-0.25, -0.2) is 4.39 Å². The average molecular weight is 352 g/mol. The molecule has 1 aliphatic heterocycles. The standard InChI is InChI=1S/C19H22FNO2.ClH/c1-12-8-14-9-18(22-3)15(10-19(14)23-12)11-21-13(2)16-6-4-5-7-17(16)20;/h4-7,9-10,12-13,21H,8,11H2,1-3H3;1H. The van der Waals surface area contributed by atoms with Gasteiger partial charge in [-0.2, -0.15) is 0 Å². The molecule has 5 heteroatoms. The fraction of sp³-hybridized carbons (Fsp3) is 0.368. The van der Waals surface area contributed by atoms with E-state index in [9.17, 15) is 4.39 Å². The summed E-state index contributed by atoms with van der Waals surface area (Å²) in [6, 6.07) is 10.8. The van der Waals surface area contributed by atoms with Crippen molar-refractivity contribution in [1.82, 2.24) is 5.32 Å². The fourth-order valence-electron chi connectivity index (χ4n) is 3.01. The van der Waals surface area contributed by atoms with Gasteiger partial charge in [-0.1, -0.05) is 18.2 Å². The van der Waals surface area contributed by atoms with Gasteiger partial charge < -0.3 is 14.8 Å². The summed E-state index contributed by atoms with van der Waals surface area (Å²) < 4.78 is 25.2. The lowest BCUT2D eigenvalue weighted by Crippen LogP contribution is -2.19. The van der Waals surface area contributed by atoms with Crippen LogP contribution in [-0.4, -0.2) is 13.2 Å². The first-order valence-corrected chi connectivity index (χ1v) is 7.92. The minimum Gasteiger partial charge on any atom is -0.496 e. The van der Waals surface area contributed by atoms with E-state index in [0.29, 0.717) is 12.1 Å². The molecule has 0 saturated carbocycles. The van der Waals surface area contributed by atoms with Gasteiger partial charge in [-0.15, -0.1) is 12.4 Å². The van der Waals surface area contributed by atoms with Crippen LogP contribution in [-0.2, 0) is 13.0 Å². The Bertz CT molecular complexity index is 708. The molecule has 24 heavy (non-hydrogen) atoms. The molecule has 130 valence electrons. The number of halogens is 2. The molecule has 0 radical (unpaired) electrons. The van der Waals surface area contributed by atoms with Crippen LogP contribution in [0.1, 0.15) is 36.6 Å². The van der Waals surface area contributed by atoms with E-state index < -0.39 is 0 Å². The number of hydrogen-bond donors (Lipinski definition) is 1. The van der Waals surface area contributed by atoms with E-state index >= 15 is 0 Å². The SMILES string of the molecule is COc1cc2c(cc1CNC(C)c1ccccc1F)OC(C)C2.Cl. The van der Waals surface area contributed by atoms with Crippen molar-refractivity contribution in [3.63, 3.8) is 0 Å². The second kappa shape index (κ2) is 7.86. The van der Waals surface area contributed by atoms with Gasteiger partial charge in [-0.05, 0) is 32.0 Å². The third-order valence-electron chi connectivity index (χ3n) is 4.27. The normalized spacial score (nSPS) is 16.8. The summed E-state index contributed by atoms with van der Waals surface area (Å²) in [6.07, 6.45) is 1.11. The molecule has 1 N–H and O–H groups in total. The van der Waals surface area contributed by atoms with Gasteiger partial charge in [-0.3, -0.25) is 0 Å². The van der Waals surface area contributed by atoms with Crippen LogP contribution < -0.4 is 14.8 Å². The topological polar surface area (TPSA) is 30.5 Å². The second-order valence-corrected chi connectivity index (χ2v) is 6.03. The predicted molar refractivity (Wildman–Crippen MR) is 95.7 cm³/mol. The van der Waals surface area contributed by atoms with E-state index in [2.05, 4.69) is 12.2 Å². The van der Waals surface area contributed by atoms with Crippen molar-refractivity contribution in [3.05, 3.63) is 58.9 Å². The molecule has 1 heterocycles. The first-order valence-electron chi connectivity index (χ1n) is 7.92. The lowest BCUT2D eigenvalue weighted by atomic mass is 10.0. The Morgan fingerprint density at radius 3 is 2.79 bits per heavy atom. The van der Waals surface area contributed by atoms with Crippen LogP contribution in [0.15, 0.2) is 36.4 Å². The Morgan fingerprint density at radius 2 is 2.08 bits per heavy atom. The minimum absolute atomic E-state index is 0. The minimum atomic E-state index is -0.189. The molecular formula is C19H23ClFNO2. The molecule has 1 aliphatic rings. The van der Waals surface area contributed by atoms with Crippen molar-refractivity contribution >= 4 is 12.4 Å². The third kappa shape index (κ3) is 3.82. The highest BCUT2D eigenvalue weighted by Gasteiger charge is 2.22. The first-order chi connectivity index (χ1) is 11.1. The zero-order valence-electron chi connectivity index (χ0n) is 14.1. The molecule has 2 atom stereocenters. The van der Waals surface area contributed by atoms with Crippen molar-refractivity contribution in [3.8, 4) is 11.5 Å². The number of hydrogen-bond acceptors (Lipinski definition) is 3. The molecule has 0 spiro atoms. The van der Waals surface area contributed by atoms with E-state index in [4.69, 9.17) is 9.47 Å². The fourth-order valence-corrected chi connectivity index (χ4v) is 3.01. The molecule has 0 saturated heterocycles. The zero-order valence-corrected chi connectivity index (χ0v) is 15.0. The van der Waals surface area contributed by atoms with Crippen LogP contribution in [0.4, 0.5) is 4.39 Å². The highest BCUT2D eigenvalue weighted by Crippen LogP contribution is 2.35. The van der Waals surface area contributed by atoms with Crippen molar-refractivity contribution in [2.24, 2.45) is 0 Å². The lowest BCUT2D eigenvalue weighted by Gasteiger charge is -2.17. The highest BCUT2D eigenvalue weighted by molar-refractivity contribution is 5.85. The molecule has 3 rings (SSSR count). The Hall–Kier alpha value is -1.78. The summed E-state index contributed by atoms with van der Waals surface area (Å²) in [7, 11) is 1.67. The van der Waals surface area contributed by atoms with Crippen LogP contribution in [0.25, 0.3) is 0 Å². The van der Waals surface area contributed by atoms with Gasteiger partial charge in [0.1, 0.15) is 23.4 Å². The van der Waals surface area contributed by atoms with E-state index in [1.54, 1.807) is 19.2 Å². The molecule has 2 unspecified atom stereocenters. The van der Waals surface area contributed by atoms with Crippen molar-refractivity contribution in [1.29, 1.82) is 0 Å². The number of ether oxygens (including phenoxy) is 2. The van der Waals surface area contributed by atoms with Crippen LogP contribution in [0, 0.1) is 5.82 Å². The summed E-state index contributed by atoms with van der Waals surface area (Å²) in [5.74, 6) is 1.58. The molecule has 2 aromatic carbocycles. The van der Waals surface area contributed by atoms with Crippen LogP contribution in [0.3, 0.4) is 0 Å². The summed E-state index contributed by atoms with van der Waals surface area (Å²) in [5, 5.41) is 3.36. The summed E-state index contributed by atoms with van der Waals surface area (Å²) >= 11 is 0. The van der Waals surface area contributed by atoms with Crippen LogP contribution in [0.2, 0.25) is 0 Å². The van der Waals surface area contributed by atoms with Gasteiger partial charge in [0.2, 0.25) is 0 Å². The first kappa shape index (κ1) is 18.6. The number of fused-ring (bicyclic) bond motifs is 1. The maximum atomic E-state index is 13.8. The van der Waals surface area contributed by atoms with Gasteiger partial charge in [0.05, 0.1) is 7.11 Å². The smallest absolute Gasteiger partial charge is 0.127 e.